The van der Waals surface area contributed by atoms with Crippen LogP contribution >= 0.6 is 0 Å². The summed E-state index contributed by atoms with van der Waals surface area (Å²) in [7, 11) is 1.60. The van der Waals surface area contributed by atoms with Crippen molar-refractivity contribution in [2.24, 2.45) is 5.92 Å². The van der Waals surface area contributed by atoms with Gasteiger partial charge in [-0.25, -0.2) is 0 Å². The molecule has 0 radical (unpaired) electrons. The van der Waals surface area contributed by atoms with E-state index in [1.807, 2.05) is 39.0 Å². The molecule has 2 amide bonds. The Bertz CT molecular complexity index is 569. The van der Waals surface area contributed by atoms with E-state index in [9.17, 15) is 9.59 Å². The number of carbonyl (C=O) groups excluding carboxylic acids is 2. The smallest absolute Gasteiger partial charge is 0.250 e. The molecule has 5 heteroatoms. The van der Waals surface area contributed by atoms with Crippen molar-refractivity contribution in [3.05, 3.63) is 23.8 Å². The first kappa shape index (κ1) is 15.4. The largest absolute Gasteiger partial charge is 0.497 e. The van der Waals surface area contributed by atoms with Crippen molar-refractivity contribution in [3.63, 3.8) is 0 Å². The summed E-state index contributed by atoms with van der Waals surface area (Å²) in [5, 5.41) is 2.75. The van der Waals surface area contributed by atoms with Crippen LogP contribution in [-0.2, 0) is 9.59 Å². The topological polar surface area (TPSA) is 58.6 Å². The maximum absolute atomic E-state index is 12.6. The molecule has 0 aromatic heterocycles. The van der Waals surface area contributed by atoms with Gasteiger partial charge in [-0.1, -0.05) is 13.8 Å². The Hall–Kier alpha value is -2.04. The molecule has 0 saturated carbocycles. The number of benzene rings is 1. The second-order valence-electron chi connectivity index (χ2n) is 5.78. The third kappa shape index (κ3) is 2.73. The fourth-order valence-electron chi connectivity index (χ4n) is 2.72. The maximum Gasteiger partial charge on any atom is 0.250 e. The van der Waals surface area contributed by atoms with Crippen LogP contribution < -0.4 is 15.0 Å². The fraction of sp³-hybridized carbons (Fsp3) is 0.500. The summed E-state index contributed by atoms with van der Waals surface area (Å²) in [6.45, 7) is 7.51. The van der Waals surface area contributed by atoms with Gasteiger partial charge < -0.3 is 10.1 Å². The zero-order chi connectivity index (χ0) is 15.7. The van der Waals surface area contributed by atoms with E-state index in [1.54, 1.807) is 18.9 Å². The van der Waals surface area contributed by atoms with Crippen LogP contribution in [0.3, 0.4) is 0 Å². The average Bonchev–Trinajstić information content (AvgIpc) is 2.42. The number of anilines is 1. The van der Waals surface area contributed by atoms with Crippen molar-refractivity contribution in [1.29, 1.82) is 0 Å². The molecular weight excluding hydrogens is 268 g/mol. The molecule has 1 N–H and O–H groups in total. The van der Waals surface area contributed by atoms with Crippen LogP contribution in [0.4, 0.5) is 5.69 Å². The SMILES string of the molecule is COc1ccc(N2C(=O)C(C)NC(=O)C2C(C)C)c(C)c1. The van der Waals surface area contributed by atoms with Crippen LogP contribution in [0.25, 0.3) is 0 Å². The molecule has 1 aliphatic heterocycles. The number of aryl methyl sites for hydroxylation is 1. The number of carbonyl (C=O) groups is 2. The number of methoxy groups -OCH3 is 1. The second kappa shape index (κ2) is 5.76. The molecule has 114 valence electrons. The minimum Gasteiger partial charge on any atom is -0.497 e. The van der Waals surface area contributed by atoms with E-state index >= 15 is 0 Å². The highest BCUT2D eigenvalue weighted by Crippen LogP contribution is 2.30. The quantitative estimate of drug-likeness (QED) is 0.924. The molecule has 1 saturated heterocycles. The normalized spacial score (nSPS) is 22.5. The molecule has 5 nitrogen and oxygen atoms in total. The van der Waals surface area contributed by atoms with Crippen LogP contribution in [0.1, 0.15) is 26.3 Å². The van der Waals surface area contributed by atoms with Crippen molar-refractivity contribution in [2.75, 3.05) is 12.0 Å². The Morgan fingerprint density at radius 3 is 2.48 bits per heavy atom. The molecule has 2 unspecified atom stereocenters. The molecule has 2 rings (SSSR count). The van der Waals surface area contributed by atoms with Gasteiger partial charge in [-0.05, 0) is 43.5 Å². The van der Waals surface area contributed by atoms with Gasteiger partial charge in [0, 0.05) is 5.69 Å². The molecule has 0 bridgehead atoms. The first-order chi connectivity index (χ1) is 9.86. The van der Waals surface area contributed by atoms with Gasteiger partial charge in [0.05, 0.1) is 7.11 Å². The van der Waals surface area contributed by atoms with Crippen molar-refractivity contribution in [2.45, 2.75) is 39.8 Å². The third-order valence-corrected chi connectivity index (χ3v) is 3.81. The van der Waals surface area contributed by atoms with Crippen LogP contribution in [-0.4, -0.2) is 31.0 Å². The number of piperazine rings is 1. The monoisotopic (exact) mass is 290 g/mol. The van der Waals surface area contributed by atoms with Gasteiger partial charge in [0.15, 0.2) is 0 Å². The Balaban J connectivity index is 2.50. The molecule has 21 heavy (non-hydrogen) atoms. The molecule has 2 atom stereocenters. The molecule has 1 fully saturated rings. The minimum absolute atomic E-state index is 0.0305. The molecular formula is C16H22N2O3. The lowest BCUT2D eigenvalue weighted by Crippen LogP contribution is -2.64. The summed E-state index contributed by atoms with van der Waals surface area (Å²) in [6.07, 6.45) is 0. The van der Waals surface area contributed by atoms with Gasteiger partial charge in [0.2, 0.25) is 11.8 Å². The summed E-state index contributed by atoms with van der Waals surface area (Å²) in [5.74, 6) is 0.580. The number of hydrogen-bond donors (Lipinski definition) is 1. The summed E-state index contributed by atoms with van der Waals surface area (Å²) < 4.78 is 5.20. The van der Waals surface area contributed by atoms with Crippen molar-refractivity contribution in [1.82, 2.24) is 5.32 Å². The lowest BCUT2D eigenvalue weighted by Gasteiger charge is -2.40. The minimum atomic E-state index is -0.506. The molecule has 1 aromatic rings. The highest BCUT2D eigenvalue weighted by molar-refractivity contribution is 6.08. The zero-order valence-electron chi connectivity index (χ0n) is 13.1. The Kier molecular flexibility index (Phi) is 4.21. The number of nitrogens with one attached hydrogen (secondary N) is 1. The molecule has 0 aliphatic carbocycles. The van der Waals surface area contributed by atoms with E-state index in [2.05, 4.69) is 5.32 Å². The van der Waals surface area contributed by atoms with Gasteiger partial charge in [-0.2, -0.15) is 0 Å². The Labute approximate surface area is 125 Å². The highest BCUT2D eigenvalue weighted by Gasteiger charge is 2.41. The maximum atomic E-state index is 12.6. The van der Waals surface area contributed by atoms with E-state index in [0.717, 1.165) is 17.0 Å². The summed E-state index contributed by atoms with van der Waals surface area (Å²) >= 11 is 0. The lowest BCUT2D eigenvalue weighted by molar-refractivity contribution is -0.134. The lowest BCUT2D eigenvalue weighted by atomic mass is 9.95. The van der Waals surface area contributed by atoms with Gasteiger partial charge in [-0.3, -0.25) is 14.5 Å². The molecule has 0 spiro atoms. The second-order valence-corrected chi connectivity index (χ2v) is 5.78. The van der Waals surface area contributed by atoms with Gasteiger partial charge in [-0.15, -0.1) is 0 Å². The van der Waals surface area contributed by atoms with E-state index in [1.165, 1.54) is 0 Å². The van der Waals surface area contributed by atoms with E-state index in [4.69, 9.17) is 4.74 Å². The van der Waals surface area contributed by atoms with E-state index < -0.39 is 12.1 Å². The highest BCUT2D eigenvalue weighted by atomic mass is 16.5. The van der Waals surface area contributed by atoms with Gasteiger partial charge in [0.1, 0.15) is 17.8 Å². The number of ether oxygens (including phenoxy) is 1. The molecule has 1 aromatic carbocycles. The zero-order valence-corrected chi connectivity index (χ0v) is 13.1. The van der Waals surface area contributed by atoms with E-state index in [0.29, 0.717) is 0 Å². The third-order valence-electron chi connectivity index (χ3n) is 3.81. The van der Waals surface area contributed by atoms with E-state index in [-0.39, 0.29) is 17.7 Å². The fourth-order valence-corrected chi connectivity index (χ4v) is 2.72. The number of nitrogens with zero attached hydrogens (tertiary/aromatic N) is 1. The standard InChI is InChI=1S/C16H22N2O3/c1-9(2)14-15(19)17-11(4)16(20)18(14)13-7-6-12(21-5)8-10(13)3/h6-9,11,14H,1-5H3,(H,17,19). The Morgan fingerprint density at radius 2 is 1.95 bits per heavy atom. The number of rotatable bonds is 3. The van der Waals surface area contributed by atoms with Gasteiger partial charge in [0.25, 0.3) is 0 Å². The van der Waals surface area contributed by atoms with Crippen LogP contribution in [0.2, 0.25) is 0 Å². The van der Waals surface area contributed by atoms with Crippen LogP contribution in [0, 0.1) is 12.8 Å². The van der Waals surface area contributed by atoms with Crippen molar-refractivity contribution >= 4 is 17.5 Å². The van der Waals surface area contributed by atoms with Crippen LogP contribution in [0.5, 0.6) is 5.75 Å². The van der Waals surface area contributed by atoms with Gasteiger partial charge >= 0.3 is 0 Å². The molecule has 1 aliphatic rings. The Morgan fingerprint density at radius 1 is 1.29 bits per heavy atom. The van der Waals surface area contributed by atoms with Crippen LogP contribution in [0.15, 0.2) is 18.2 Å². The summed E-state index contributed by atoms with van der Waals surface area (Å²) in [6, 6.07) is 4.53. The van der Waals surface area contributed by atoms with Crippen molar-refractivity contribution < 1.29 is 14.3 Å². The first-order valence-corrected chi connectivity index (χ1v) is 7.15. The van der Waals surface area contributed by atoms with Crippen molar-refractivity contribution in [3.8, 4) is 5.75 Å². The summed E-state index contributed by atoms with van der Waals surface area (Å²) in [4.78, 5) is 26.5. The number of amides is 2. The summed E-state index contributed by atoms with van der Waals surface area (Å²) in [5.41, 5.74) is 1.68. The molecule has 1 heterocycles. The first-order valence-electron chi connectivity index (χ1n) is 7.15. The number of hydrogen-bond acceptors (Lipinski definition) is 3. The predicted molar refractivity (Wildman–Crippen MR) is 81.4 cm³/mol. The predicted octanol–water partition coefficient (Wildman–Crippen LogP) is 1.88. The average molecular weight is 290 g/mol.